The van der Waals surface area contributed by atoms with Crippen LogP contribution in [0.15, 0.2) is 27.3 Å². The van der Waals surface area contributed by atoms with Crippen molar-refractivity contribution in [1.82, 2.24) is 0 Å². The summed E-state index contributed by atoms with van der Waals surface area (Å²) in [7, 11) is 0. The second-order valence-corrected chi connectivity index (χ2v) is 2.78. The highest BCUT2D eigenvalue weighted by molar-refractivity contribution is 9.11. The average Bonchev–Trinajstić information content (AvgIpc) is 1.85. The van der Waals surface area contributed by atoms with E-state index in [9.17, 15) is 8.78 Å². The lowest BCUT2D eigenvalue weighted by Gasteiger charge is -1.87. The zero-order valence-electron chi connectivity index (χ0n) is 5.37. The molecule has 0 atom stereocenters. The topological polar surface area (TPSA) is 12.4 Å². The summed E-state index contributed by atoms with van der Waals surface area (Å²) in [6.45, 7) is 4.40. The standard InChI is InChI=1S/C6H6BrF2N/c1-4(7)3-5(8)6(9)10-2/h3H,2H2,1H3/b4-3+,6-5+. The van der Waals surface area contributed by atoms with E-state index in [2.05, 4.69) is 27.6 Å². The highest BCUT2D eigenvalue weighted by Crippen LogP contribution is 2.14. The van der Waals surface area contributed by atoms with Crippen LogP contribution in [0.25, 0.3) is 0 Å². The van der Waals surface area contributed by atoms with Crippen LogP contribution in [0.3, 0.4) is 0 Å². The van der Waals surface area contributed by atoms with Crippen LogP contribution < -0.4 is 0 Å². The molecule has 0 unspecified atom stereocenters. The normalized spacial score (nSPS) is 14.6. The van der Waals surface area contributed by atoms with Gasteiger partial charge >= 0.3 is 0 Å². The zero-order valence-corrected chi connectivity index (χ0v) is 6.95. The maximum Gasteiger partial charge on any atom is 0.248 e. The number of rotatable bonds is 2. The van der Waals surface area contributed by atoms with Gasteiger partial charge in [-0.25, -0.2) is 9.38 Å². The van der Waals surface area contributed by atoms with Gasteiger partial charge in [0.1, 0.15) is 0 Å². The summed E-state index contributed by atoms with van der Waals surface area (Å²) >= 11 is 2.93. The van der Waals surface area contributed by atoms with Gasteiger partial charge < -0.3 is 0 Å². The maximum atomic E-state index is 12.3. The van der Waals surface area contributed by atoms with E-state index in [1.165, 1.54) is 0 Å². The molecule has 0 radical (unpaired) electrons. The molecule has 0 spiro atoms. The Hall–Kier alpha value is -0.510. The molecular weight excluding hydrogens is 204 g/mol. The Balaban J connectivity index is 4.48. The number of nitrogens with zero attached hydrogens (tertiary/aromatic N) is 1. The molecule has 0 N–H and O–H groups in total. The van der Waals surface area contributed by atoms with Crippen LogP contribution in [0.1, 0.15) is 6.92 Å². The van der Waals surface area contributed by atoms with Gasteiger partial charge in [-0.2, -0.15) is 4.39 Å². The van der Waals surface area contributed by atoms with Crippen LogP contribution in [0.5, 0.6) is 0 Å². The van der Waals surface area contributed by atoms with Crippen molar-refractivity contribution in [1.29, 1.82) is 0 Å². The first-order valence-corrected chi connectivity index (χ1v) is 3.23. The van der Waals surface area contributed by atoms with Gasteiger partial charge in [0.25, 0.3) is 0 Å². The number of halogens is 3. The van der Waals surface area contributed by atoms with Crippen LogP contribution >= 0.6 is 15.9 Å². The Morgan fingerprint density at radius 1 is 1.60 bits per heavy atom. The molecule has 0 bridgehead atoms. The average molecular weight is 210 g/mol. The van der Waals surface area contributed by atoms with Crippen LogP contribution in [0.4, 0.5) is 8.78 Å². The first kappa shape index (κ1) is 9.49. The molecule has 0 rings (SSSR count). The fourth-order valence-corrected chi connectivity index (χ4v) is 0.511. The monoisotopic (exact) mass is 209 g/mol. The molecule has 10 heavy (non-hydrogen) atoms. The first-order valence-electron chi connectivity index (χ1n) is 2.43. The molecule has 0 saturated carbocycles. The highest BCUT2D eigenvalue weighted by Gasteiger charge is 1.98. The van der Waals surface area contributed by atoms with Gasteiger partial charge in [0.05, 0.1) is 0 Å². The lowest BCUT2D eigenvalue weighted by molar-refractivity contribution is 0.548. The van der Waals surface area contributed by atoms with Gasteiger partial charge in [-0.15, -0.1) is 0 Å². The van der Waals surface area contributed by atoms with Gasteiger partial charge in [-0.05, 0) is 24.2 Å². The maximum absolute atomic E-state index is 12.3. The number of hydrogen-bond donors (Lipinski definition) is 0. The third kappa shape index (κ3) is 3.50. The van der Waals surface area contributed by atoms with E-state index in [0.29, 0.717) is 4.48 Å². The molecule has 0 aromatic heterocycles. The Kier molecular flexibility index (Phi) is 4.11. The van der Waals surface area contributed by atoms with Crippen molar-refractivity contribution in [2.24, 2.45) is 4.99 Å². The van der Waals surface area contributed by atoms with E-state index in [1.807, 2.05) is 0 Å². The summed E-state index contributed by atoms with van der Waals surface area (Å²) in [6.07, 6.45) is 0.976. The first-order chi connectivity index (χ1) is 4.57. The van der Waals surface area contributed by atoms with E-state index in [0.717, 1.165) is 6.08 Å². The Morgan fingerprint density at radius 3 is 2.40 bits per heavy atom. The minimum absolute atomic E-state index is 0.490. The minimum Gasteiger partial charge on any atom is -0.234 e. The molecule has 0 heterocycles. The van der Waals surface area contributed by atoms with Gasteiger partial charge in [0.15, 0.2) is 5.83 Å². The SMILES string of the molecule is C=N/C(F)=C(F)\C=C(/C)Br. The fourth-order valence-electron chi connectivity index (χ4n) is 0.310. The van der Waals surface area contributed by atoms with Gasteiger partial charge in [-0.3, -0.25) is 0 Å². The van der Waals surface area contributed by atoms with Crippen molar-refractivity contribution in [3.8, 4) is 0 Å². The molecule has 0 aliphatic heterocycles. The summed E-state index contributed by atoms with van der Waals surface area (Å²) in [4.78, 5) is 2.76. The summed E-state index contributed by atoms with van der Waals surface area (Å²) in [5, 5.41) is 0. The highest BCUT2D eigenvalue weighted by atomic mass is 79.9. The Bertz CT molecular complexity index is 192. The zero-order chi connectivity index (χ0) is 8.15. The van der Waals surface area contributed by atoms with Crippen molar-refractivity contribution in [3.05, 3.63) is 22.3 Å². The van der Waals surface area contributed by atoms with Crippen LogP contribution in [0, 0.1) is 0 Å². The Morgan fingerprint density at radius 2 is 2.10 bits per heavy atom. The largest absolute Gasteiger partial charge is 0.248 e. The number of allylic oxidation sites excluding steroid dienone is 3. The summed E-state index contributed by atoms with van der Waals surface area (Å²) < 4.78 is 24.9. The molecule has 0 saturated heterocycles. The van der Waals surface area contributed by atoms with Gasteiger partial charge in [0, 0.05) is 0 Å². The van der Waals surface area contributed by atoms with Crippen molar-refractivity contribution in [2.75, 3.05) is 0 Å². The molecular formula is C6H6BrF2N. The second-order valence-electron chi connectivity index (χ2n) is 1.53. The summed E-state index contributed by atoms with van der Waals surface area (Å²) in [6, 6.07) is 0. The predicted molar refractivity (Wildman–Crippen MR) is 41.5 cm³/mol. The Labute approximate surface area is 66.3 Å². The van der Waals surface area contributed by atoms with Crippen molar-refractivity contribution in [2.45, 2.75) is 6.92 Å². The van der Waals surface area contributed by atoms with Crippen molar-refractivity contribution >= 4 is 22.6 Å². The summed E-state index contributed by atoms with van der Waals surface area (Å²) in [5.74, 6) is -2.22. The molecule has 0 fully saturated rings. The van der Waals surface area contributed by atoms with E-state index in [-0.39, 0.29) is 0 Å². The lowest BCUT2D eigenvalue weighted by atomic mass is 10.5. The molecule has 4 heteroatoms. The summed E-state index contributed by atoms with van der Waals surface area (Å²) in [5.41, 5.74) is 0. The van der Waals surface area contributed by atoms with Crippen LogP contribution in [-0.2, 0) is 0 Å². The van der Waals surface area contributed by atoms with Crippen molar-refractivity contribution < 1.29 is 8.78 Å². The van der Waals surface area contributed by atoms with E-state index in [4.69, 9.17) is 0 Å². The third-order valence-corrected chi connectivity index (χ3v) is 0.890. The molecule has 0 amide bonds. The van der Waals surface area contributed by atoms with Crippen LogP contribution in [-0.4, -0.2) is 6.72 Å². The van der Waals surface area contributed by atoms with E-state index in [1.54, 1.807) is 6.92 Å². The lowest BCUT2D eigenvalue weighted by Crippen LogP contribution is -1.72. The quantitative estimate of drug-likeness (QED) is 0.377. The van der Waals surface area contributed by atoms with Crippen LogP contribution in [0.2, 0.25) is 0 Å². The predicted octanol–water partition coefficient (Wildman–Crippen LogP) is 3.09. The molecule has 0 aromatic carbocycles. The smallest absolute Gasteiger partial charge is 0.234 e. The molecule has 1 nitrogen and oxygen atoms in total. The third-order valence-electron chi connectivity index (χ3n) is 0.662. The minimum atomic E-state index is -1.20. The molecule has 56 valence electrons. The van der Waals surface area contributed by atoms with Gasteiger partial charge in [-0.1, -0.05) is 15.9 Å². The van der Waals surface area contributed by atoms with E-state index >= 15 is 0 Å². The molecule has 0 aliphatic rings. The van der Waals surface area contributed by atoms with E-state index < -0.39 is 11.8 Å². The van der Waals surface area contributed by atoms with Gasteiger partial charge in [0.2, 0.25) is 5.95 Å². The number of hydrogen-bond acceptors (Lipinski definition) is 1. The second kappa shape index (κ2) is 4.33. The molecule has 0 aromatic rings. The molecule has 0 aliphatic carbocycles. The number of aliphatic imine (C=N–C) groups is 1. The fraction of sp³-hybridized carbons (Fsp3) is 0.167. The van der Waals surface area contributed by atoms with Crippen molar-refractivity contribution in [3.63, 3.8) is 0 Å².